The third-order valence-electron chi connectivity index (χ3n) is 4.22. The molecular formula is C16H24N2O2S. The Morgan fingerprint density at radius 3 is 3.00 bits per heavy atom. The van der Waals surface area contributed by atoms with E-state index in [4.69, 9.17) is 4.74 Å². The fraction of sp³-hybridized carbons (Fsp3) is 0.688. The van der Waals surface area contributed by atoms with Crippen LogP contribution in [0.1, 0.15) is 44.3 Å². The first-order chi connectivity index (χ1) is 10.3. The van der Waals surface area contributed by atoms with Crippen LogP contribution in [0.25, 0.3) is 0 Å². The van der Waals surface area contributed by atoms with Gasteiger partial charge in [0.2, 0.25) is 5.91 Å². The molecule has 2 fully saturated rings. The van der Waals surface area contributed by atoms with Gasteiger partial charge in [-0.1, -0.05) is 13.3 Å². The Morgan fingerprint density at radius 1 is 1.48 bits per heavy atom. The van der Waals surface area contributed by atoms with Gasteiger partial charge in [0.25, 0.3) is 0 Å². The number of carbonyl (C=O) groups excluding carboxylic acids is 1. The maximum Gasteiger partial charge on any atom is 0.241 e. The van der Waals surface area contributed by atoms with Crippen molar-refractivity contribution in [3.8, 4) is 0 Å². The van der Waals surface area contributed by atoms with E-state index in [2.05, 4.69) is 29.1 Å². The predicted octanol–water partition coefficient (Wildman–Crippen LogP) is 2.77. The topological polar surface area (TPSA) is 41.6 Å². The molecule has 5 heteroatoms. The Labute approximate surface area is 130 Å². The maximum atomic E-state index is 12.6. The van der Waals surface area contributed by atoms with Gasteiger partial charge < -0.3 is 9.64 Å². The van der Waals surface area contributed by atoms with Crippen molar-refractivity contribution in [1.29, 1.82) is 0 Å². The van der Waals surface area contributed by atoms with Crippen molar-refractivity contribution in [2.45, 2.75) is 44.8 Å². The highest BCUT2D eigenvalue weighted by molar-refractivity contribution is 7.07. The van der Waals surface area contributed by atoms with Crippen molar-refractivity contribution < 1.29 is 9.53 Å². The minimum Gasteiger partial charge on any atom is -0.379 e. The molecule has 1 aliphatic heterocycles. The molecule has 116 valence electrons. The summed E-state index contributed by atoms with van der Waals surface area (Å²) in [5.74, 6) is 1.00. The second-order valence-corrected chi connectivity index (χ2v) is 6.80. The molecule has 1 saturated carbocycles. The van der Waals surface area contributed by atoms with Crippen LogP contribution in [0.5, 0.6) is 0 Å². The molecule has 21 heavy (non-hydrogen) atoms. The summed E-state index contributed by atoms with van der Waals surface area (Å²) in [4.78, 5) is 14.5. The van der Waals surface area contributed by atoms with Crippen molar-refractivity contribution >= 4 is 17.2 Å². The average molecular weight is 308 g/mol. The summed E-state index contributed by atoms with van der Waals surface area (Å²) in [5, 5.41) is 7.67. The molecule has 1 amide bonds. The van der Waals surface area contributed by atoms with Gasteiger partial charge in [-0.05, 0) is 47.6 Å². The molecule has 3 rings (SSSR count). The van der Waals surface area contributed by atoms with Crippen molar-refractivity contribution in [1.82, 2.24) is 10.2 Å². The van der Waals surface area contributed by atoms with Crippen LogP contribution < -0.4 is 5.32 Å². The smallest absolute Gasteiger partial charge is 0.241 e. The summed E-state index contributed by atoms with van der Waals surface area (Å²) in [6.45, 7) is 4.30. The summed E-state index contributed by atoms with van der Waals surface area (Å²) in [6, 6.07) is 2.06. The van der Waals surface area contributed by atoms with E-state index in [-0.39, 0.29) is 18.1 Å². The number of hydrogen-bond donors (Lipinski definition) is 1. The fourth-order valence-corrected chi connectivity index (χ4v) is 3.50. The molecule has 0 aromatic carbocycles. The van der Waals surface area contributed by atoms with Gasteiger partial charge in [0.1, 0.15) is 6.17 Å². The number of nitrogens with one attached hydrogen (secondary N) is 1. The minimum absolute atomic E-state index is 0.0184. The van der Waals surface area contributed by atoms with Crippen LogP contribution in [0.2, 0.25) is 0 Å². The van der Waals surface area contributed by atoms with E-state index in [0.29, 0.717) is 13.2 Å². The molecule has 1 N–H and O–H groups in total. The molecule has 4 nitrogen and oxygen atoms in total. The van der Waals surface area contributed by atoms with E-state index in [0.717, 1.165) is 25.4 Å². The summed E-state index contributed by atoms with van der Waals surface area (Å²) in [6.07, 6.45) is 4.55. The number of rotatable bonds is 8. The van der Waals surface area contributed by atoms with Crippen LogP contribution in [0.4, 0.5) is 0 Å². The monoisotopic (exact) mass is 308 g/mol. The van der Waals surface area contributed by atoms with Crippen LogP contribution >= 0.6 is 11.3 Å². The Morgan fingerprint density at radius 2 is 2.33 bits per heavy atom. The minimum atomic E-state index is -0.0386. The molecule has 1 aromatic heterocycles. The van der Waals surface area contributed by atoms with Crippen molar-refractivity contribution in [2.75, 3.05) is 19.8 Å². The number of amides is 1. The van der Waals surface area contributed by atoms with Crippen molar-refractivity contribution in [3.05, 3.63) is 22.4 Å². The third-order valence-corrected chi connectivity index (χ3v) is 4.92. The lowest BCUT2D eigenvalue weighted by Gasteiger charge is -2.23. The van der Waals surface area contributed by atoms with E-state index in [1.54, 1.807) is 11.3 Å². The molecular weight excluding hydrogens is 284 g/mol. The summed E-state index contributed by atoms with van der Waals surface area (Å²) < 4.78 is 5.71. The average Bonchev–Trinajstić information content (AvgIpc) is 3.04. The van der Waals surface area contributed by atoms with Crippen LogP contribution in [-0.2, 0) is 9.53 Å². The van der Waals surface area contributed by atoms with Crippen molar-refractivity contribution in [2.24, 2.45) is 5.92 Å². The molecule has 0 spiro atoms. The van der Waals surface area contributed by atoms with Crippen LogP contribution in [0.15, 0.2) is 16.8 Å². The van der Waals surface area contributed by atoms with Gasteiger partial charge in [0.15, 0.2) is 0 Å². The lowest BCUT2D eigenvalue weighted by Crippen LogP contribution is -2.34. The molecule has 1 aliphatic carbocycles. The van der Waals surface area contributed by atoms with Gasteiger partial charge in [-0.15, -0.1) is 0 Å². The fourth-order valence-electron chi connectivity index (χ4n) is 2.82. The molecule has 2 atom stereocenters. The van der Waals surface area contributed by atoms with E-state index in [9.17, 15) is 4.79 Å². The Bertz CT molecular complexity index is 459. The van der Waals surface area contributed by atoms with Crippen LogP contribution in [-0.4, -0.2) is 36.6 Å². The SMILES string of the molecule is CCCC1NC(c2ccsc2)N(CCOCC2CC2)C1=O. The Kier molecular flexibility index (Phi) is 4.93. The van der Waals surface area contributed by atoms with Crippen LogP contribution in [0.3, 0.4) is 0 Å². The molecule has 1 saturated heterocycles. The normalized spacial score (nSPS) is 25.8. The zero-order valence-electron chi connectivity index (χ0n) is 12.6. The highest BCUT2D eigenvalue weighted by Gasteiger charge is 2.38. The number of carbonyl (C=O) groups is 1. The summed E-state index contributed by atoms with van der Waals surface area (Å²) in [5.41, 5.74) is 1.19. The molecule has 2 heterocycles. The Hall–Kier alpha value is -0.910. The van der Waals surface area contributed by atoms with Gasteiger partial charge in [0, 0.05) is 13.2 Å². The maximum absolute atomic E-state index is 12.6. The second-order valence-electron chi connectivity index (χ2n) is 6.02. The lowest BCUT2D eigenvalue weighted by molar-refractivity contribution is -0.131. The first kappa shape index (κ1) is 15.0. The molecule has 2 unspecified atom stereocenters. The first-order valence-electron chi connectivity index (χ1n) is 7.96. The van der Waals surface area contributed by atoms with E-state index in [1.165, 1.54) is 18.4 Å². The molecule has 2 aliphatic rings. The highest BCUT2D eigenvalue weighted by Crippen LogP contribution is 2.30. The van der Waals surface area contributed by atoms with Gasteiger partial charge in [-0.3, -0.25) is 10.1 Å². The van der Waals surface area contributed by atoms with Crippen molar-refractivity contribution in [3.63, 3.8) is 0 Å². The number of thiophene rings is 1. The summed E-state index contributed by atoms with van der Waals surface area (Å²) in [7, 11) is 0. The van der Waals surface area contributed by atoms with E-state index in [1.807, 2.05) is 4.90 Å². The standard InChI is InChI=1S/C16H24N2O2S/c1-2-3-14-16(19)18(7-8-20-10-12-4-5-12)15(17-14)13-6-9-21-11-13/h6,9,11-12,14-15,17H,2-5,7-8,10H2,1H3. The molecule has 1 aromatic rings. The number of ether oxygens (including phenoxy) is 1. The molecule has 0 bridgehead atoms. The van der Waals surface area contributed by atoms with Crippen LogP contribution in [0, 0.1) is 5.92 Å². The predicted molar refractivity (Wildman–Crippen MR) is 84.1 cm³/mol. The molecule has 0 radical (unpaired) electrons. The van der Waals surface area contributed by atoms with E-state index >= 15 is 0 Å². The number of nitrogens with zero attached hydrogens (tertiary/aromatic N) is 1. The third kappa shape index (κ3) is 3.65. The zero-order valence-corrected chi connectivity index (χ0v) is 13.4. The number of hydrogen-bond acceptors (Lipinski definition) is 4. The van der Waals surface area contributed by atoms with Gasteiger partial charge in [0.05, 0.1) is 12.6 Å². The van der Waals surface area contributed by atoms with Gasteiger partial charge in [-0.25, -0.2) is 0 Å². The van der Waals surface area contributed by atoms with Gasteiger partial charge >= 0.3 is 0 Å². The van der Waals surface area contributed by atoms with Gasteiger partial charge in [-0.2, -0.15) is 11.3 Å². The largest absolute Gasteiger partial charge is 0.379 e. The Balaban J connectivity index is 1.59. The van der Waals surface area contributed by atoms with E-state index < -0.39 is 0 Å². The zero-order chi connectivity index (χ0) is 14.7. The summed E-state index contributed by atoms with van der Waals surface area (Å²) >= 11 is 1.68. The first-order valence-corrected chi connectivity index (χ1v) is 8.90. The second kappa shape index (κ2) is 6.90. The lowest BCUT2D eigenvalue weighted by atomic mass is 10.2. The highest BCUT2D eigenvalue weighted by atomic mass is 32.1. The quantitative estimate of drug-likeness (QED) is 0.751.